The summed E-state index contributed by atoms with van der Waals surface area (Å²) in [5, 5.41) is 94.0. The first-order valence-corrected chi connectivity index (χ1v) is 31.1. The van der Waals surface area contributed by atoms with E-state index in [1.807, 2.05) is 60.5 Å². The number of ether oxygens (including phenoxy) is 4. The number of fused-ring (bicyclic) bond motifs is 18. The minimum atomic E-state index is -1.50. The van der Waals surface area contributed by atoms with Crippen LogP contribution in [0, 0.1) is 151 Å². The number of benzene rings is 4. The normalized spacial score (nSPS) is 24.3. The second-order valence-corrected chi connectivity index (χ2v) is 25.4. The molecule has 0 saturated carbocycles. The van der Waals surface area contributed by atoms with Crippen molar-refractivity contribution in [2.75, 3.05) is 40.8 Å². The molecule has 29 heteroatoms. The van der Waals surface area contributed by atoms with Crippen molar-refractivity contribution in [2.45, 2.75) is 193 Å². The number of hydrogen-bond donors (Lipinski definition) is 10. The van der Waals surface area contributed by atoms with E-state index in [4.69, 9.17) is 34.3 Å². The van der Waals surface area contributed by atoms with Gasteiger partial charge in [0, 0.05) is 199 Å². The summed E-state index contributed by atoms with van der Waals surface area (Å²) in [4.78, 5) is 67.7. The Balaban J connectivity index is 0.000000244. The molecule has 0 aromatic heterocycles. The van der Waals surface area contributed by atoms with Gasteiger partial charge in [0.15, 0.2) is 23.0 Å². The SMILES string of the molecule is CCCC(=O)N[C@@H](C)C(=O)NC[C@H]1c2c(c(O)c(C)c3c2OCO3)CC2[C@H]3c4c(cc(C)c(C)c4O)C[C@@H]([C@H](C#N)N21)N3C.CCCC(=O)N[C@@H](C)C(=O)NC[C@H]1c2c(c(O)c(C)c3c2OCO3)CC2[C@H]3c4c(cc(C)c(C)c4O)C[C@@H]([C@H](O)N21)N3C.O=[N+]([O-])O.[Ac].[Ac].[Ag]. The minimum Gasteiger partial charge on any atom is -0.507 e. The first-order chi connectivity index (χ1) is 43.2. The Morgan fingerprint density at radius 3 is 1.39 bits per heavy atom. The van der Waals surface area contributed by atoms with E-state index in [0.717, 1.165) is 44.5 Å². The van der Waals surface area contributed by atoms with E-state index in [0.29, 0.717) is 108 Å². The van der Waals surface area contributed by atoms with Crippen LogP contribution >= 0.6 is 0 Å². The van der Waals surface area contributed by atoms with Crippen molar-refractivity contribution in [2.24, 2.45) is 0 Å². The molecule has 0 aliphatic carbocycles. The zero-order valence-corrected chi connectivity index (χ0v) is 65.9. The Labute approximate surface area is 633 Å². The smallest absolute Gasteiger partial charge is 0.291 e. The molecule has 12 atom stereocenters. The number of aliphatic hydroxyl groups is 1. The average Bonchev–Trinajstić information content (AvgIpc) is 0.853. The van der Waals surface area contributed by atoms with Crippen LogP contribution in [0.5, 0.6) is 46.0 Å². The molecule has 8 heterocycles. The largest absolute Gasteiger partial charge is 0.507 e. The molecule has 4 amide bonds. The number of amides is 4. The molecule has 0 spiro atoms. The first-order valence-electron chi connectivity index (χ1n) is 31.1. The van der Waals surface area contributed by atoms with Gasteiger partial charge in [-0.3, -0.25) is 38.8 Å². The number of aromatic hydroxyl groups is 4. The third-order valence-corrected chi connectivity index (χ3v) is 20.2. The van der Waals surface area contributed by atoms with Crippen molar-refractivity contribution in [1.82, 2.24) is 40.9 Å². The molecule has 2 saturated heterocycles. The predicted octanol–water partition coefficient (Wildman–Crippen LogP) is 4.96. The third kappa shape index (κ3) is 13.8. The molecule has 2 fully saturated rings. The molecule has 8 aliphatic heterocycles. The van der Waals surface area contributed by atoms with Crippen LogP contribution in [0.25, 0.3) is 0 Å². The van der Waals surface area contributed by atoms with Crippen molar-refractivity contribution in [3.8, 4) is 52.1 Å². The fourth-order valence-electron chi connectivity index (χ4n) is 15.5. The van der Waals surface area contributed by atoms with Crippen molar-refractivity contribution in [1.29, 1.82) is 5.26 Å². The summed E-state index contributed by atoms with van der Waals surface area (Å²) in [5.41, 5.74) is 11.3. The van der Waals surface area contributed by atoms with E-state index < -0.39 is 41.5 Å². The molecule has 94 heavy (non-hydrogen) atoms. The van der Waals surface area contributed by atoms with E-state index >= 15 is 0 Å². The molecule has 4 aromatic rings. The van der Waals surface area contributed by atoms with Gasteiger partial charge >= 0.3 is 0 Å². The molecule has 26 nitrogen and oxygen atoms in total. The number of phenolic OH excluding ortho intramolecular Hbond substituents is 4. The van der Waals surface area contributed by atoms with Crippen molar-refractivity contribution in [3.05, 3.63) is 100 Å². The monoisotopic (exact) mass is 1820 g/mol. The summed E-state index contributed by atoms with van der Waals surface area (Å²) in [5.74, 6) is 1.63. The van der Waals surface area contributed by atoms with Gasteiger partial charge in [0.05, 0.1) is 36.3 Å². The van der Waals surface area contributed by atoms with Crippen LogP contribution in [0.15, 0.2) is 12.1 Å². The molecule has 10 N–H and O–H groups in total. The van der Waals surface area contributed by atoms with Crippen LogP contribution in [0.1, 0.15) is 155 Å². The van der Waals surface area contributed by atoms with E-state index in [9.17, 15) is 50.0 Å². The average molecular weight is 1820 g/mol. The van der Waals surface area contributed by atoms with Crippen LogP contribution in [-0.2, 0) is 67.2 Å². The fourth-order valence-corrected chi connectivity index (χ4v) is 15.5. The summed E-state index contributed by atoms with van der Waals surface area (Å²) in [7, 11) is 3.98. The minimum absolute atomic E-state index is 0. The van der Waals surface area contributed by atoms with Gasteiger partial charge in [0.2, 0.25) is 37.2 Å². The van der Waals surface area contributed by atoms with Crippen LogP contribution in [0.4, 0.5) is 0 Å². The molecule has 507 valence electrons. The molecular formula is C65H84Ac2AgN10O16. The summed E-state index contributed by atoms with van der Waals surface area (Å²) < 4.78 is 23.5. The van der Waals surface area contributed by atoms with Gasteiger partial charge in [-0.05, 0) is 141 Å². The molecule has 4 aromatic carbocycles. The predicted molar refractivity (Wildman–Crippen MR) is 328 cm³/mol. The number of carbonyl (C=O) groups is 4. The number of carbonyl (C=O) groups excluding carboxylic acids is 4. The standard InChI is InChI=1S/C33H41N5O6.C32H42N4O7.2Ac.Ag.HNO3/c1-7-8-25(39)36-18(5)33(42)35-13-24-27-20(29(40)17(4)31-32(27)44-14-43-31)11-22-28-26-19(9-15(2)16(3)30(26)41)10-21(37(28)6)23(12-34)38(22)24;1-7-8-23(37)34-17(5)31(40)33-12-22-25-19(27(38)16(4)29-30(25)43-13-42-29)11-20-26-24-18(9-14(2)15(3)28(24)39)10-21(35(26)6)32(41)36(20)22;;;;2-1(3)4/h9,18,21-24,28,40-41H,7-8,10-11,13-14H2,1-6H3,(H,35,42)(H,36,39);9,17,20-22,26,32,38-39,41H,7-8,10-13H2,1-6H3,(H,33,40)(H,34,37);;;;(H,2,3,4)/t18-,21-,22?,23-,24-,28-;17-,20?,21-,22-,26-,32-;;;;/m00..../s1. The van der Waals surface area contributed by atoms with Gasteiger partial charge in [-0.25, -0.2) is 0 Å². The number of nitrogens with one attached hydrogen (secondary N) is 4. The number of hydrogen-bond acceptors (Lipinski definition) is 20. The van der Waals surface area contributed by atoms with Gasteiger partial charge < -0.3 is 71.0 Å². The number of rotatable bonds is 12. The summed E-state index contributed by atoms with van der Waals surface area (Å²) in [6.45, 7) is 18.7. The Kier molecular flexibility index (Phi) is 25.3. The fraction of sp³-hybridized carbons (Fsp3) is 0.554. The number of nitriles is 1. The third-order valence-electron chi connectivity index (χ3n) is 20.2. The Morgan fingerprint density at radius 2 is 0.989 bits per heavy atom. The molecule has 4 bridgehead atoms. The van der Waals surface area contributed by atoms with E-state index in [1.165, 1.54) is 0 Å². The Bertz CT molecular complexity index is 3670. The van der Waals surface area contributed by atoms with Gasteiger partial charge in [-0.1, -0.05) is 26.0 Å². The second kappa shape index (κ2) is 31.0. The zero-order valence-electron chi connectivity index (χ0n) is 55.0. The maximum absolute atomic E-state index is 13.3. The molecule has 8 aliphatic rings. The molecule has 12 rings (SSSR count). The van der Waals surface area contributed by atoms with Gasteiger partial charge in [0.1, 0.15) is 47.4 Å². The van der Waals surface area contributed by atoms with E-state index in [-0.39, 0.29) is 220 Å². The number of aliphatic hydroxyl groups excluding tert-OH is 1. The summed E-state index contributed by atoms with van der Waals surface area (Å²) in [6.07, 6.45) is 3.02. The first kappa shape index (κ1) is 76.6. The van der Waals surface area contributed by atoms with E-state index in [1.54, 1.807) is 27.7 Å². The number of aryl methyl sites for hydroxylation is 2. The van der Waals surface area contributed by atoms with Gasteiger partial charge in [-0.2, -0.15) is 5.26 Å². The summed E-state index contributed by atoms with van der Waals surface area (Å²) in [6, 6.07) is 1.99. The Hall–Kier alpha value is -4.73. The van der Waals surface area contributed by atoms with Crippen molar-refractivity contribution in [3.63, 3.8) is 0 Å². The number of nitrogens with zero attached hydrogens (tertiary/aromatic N) is 6. The van der Waals surface area contributed by atoms with Crippen LogP contribution in [-0.4, -0.2) is 168 Å². The zero-order chi connectivity index (χ0) is 66.1. The second-order valence-electron chi connectivity index (χ2n) is 25.4. The van der Waals surface area contributed by atoms with Gasteiger partial charge in [-0.15, -0.1) is 10.1 Å². The summed E-state index contributed by atoms with van der Waals surface area (Å²) >= 11 is 0. The molecule has 2 unspecified atom stereocenters. The molecular weight excluding hydrogens is 1740 g/mol. The maximum Gasteiger partial charge on any atom is 0.291 e. The van der Waals surface area contributed by atoms with Crippen molar-refractivity contribution >= 4 is 23.6 Å². The Morgan fingerprint density at radius 1 is 0.617 bits per heavy atom. The van der Waals surface area contributed by atoms with Crippen LogP contribution < -0.4 is 40.2 Å². The number of piperazine rings is 2. The van der Waals surface area contributed by atoms with E-state index in [2.05, 4.69) is 54.2 Å². The van der Waals surface area contributed by atoms with Gasteiger partial charge in [0.25, 0.3) is 5.09 Å². The molecule has 3 radical (unpaired) electrons. The number of phenols is 4. The quantitative estimate of drug-likeness (QED) is 0.0509. The topological polar surface area (TPSA) is 355 Å². The van der Waals surface area contributed by atoms with Crippen LogP contribution in [0.2, 0.25) is 0 Å². The number of likely N-dealkylation sites (N-methyl/N-ethyl adjacent to an activating group) is 2. The maximum atomic E-state index is 13.3. The van der Waals surface area contributed by atoms with Crippen molar-refractivity contribution < 1.29 is 184 Å². The van der Waals surface area contributed by atoms with Crippen LogP contribution in [0.3, 0.4) is 0 Å².